The zero-order chi connectivity index (χ0) is 29.2. The molecule has 1 N–H and O–H groups in total. The molecule has 3 aromatic rings. The Bertz CT molecular complexity index is 1220. The number of hydrogen-bond acceptors (Lipinski definition) is 3. The van der Waals surface area contributed by atoms with Crippen LogP contribution in [0.25, 0.3) is 16.7 Å². The molecule has 0 fully saturated rings. The lowest BCUT2D eigenvalue weighted by molar-refractivity contribution is 0.325. The lowest BCUT2D eigenvalue weighted by atomic mass is 9.97. The Kier molecular flexibility index (Phi) is 15.6. The van der Waals surface area contributed by atoms with Crippen molar-refractivity contribution in [1.82, 2.24) is 5.32 Å². The number of ether oxygens (including phenoxy) is 1. The van der Waals surface area contributed by atoms with Crippen molar-refractivity contribution in [1.29, 1.82) is 0 Å². The minimum Gasteiger partial charge on any atom is -0.481 e. The van der Waals surface area contributed by atoms with E-state index in [1.54, 1.807) is 0 Å². The minimum atomic E-state index is 0.649. The van der Waals surface area contributed by atoms with E-state index in [1.807, 2.05) is 46.1 Å². The molecule has 0 aliphatic rings. The molecule has 0 heterocycles. The van der Waals surface area contributed by atoms with Crippen molar-refractivity contribution >= 4 is 23.0 Å². The standard InChI is InChI=1S/C17H20N2.C16H23NO.C2H4/c1-4-13-9-11-14(12-10-13)15-7-5-6-8-16(15)17(18-2)19-3;1-6-9-12(3)15-10-8-11-16(13(15)4)17-14(5)18-7-2;1-2/h5-12H,4H2,1-3H3,(H,18,19);8,10-11H,3,6-7,9H2,1-2,4-5H3;1-2H2. The summed E-state index contributed by atoms with van der Waals surface area (Å²) in [4.78, 5) is 8.81. The van der Waals surface area contributed by atoms with Gasteiger partial charge in [-0.2, -0.15) is 0 Å². The predicted octanol–water partition coefficient (Wildman–Crippen LogP) is 9.21. The quantitative estimate of drug-likeness (QED) is 0.181. The Morgan fingerprint density at radius 2 is 1.54 bits per heavy atom. The lowest BCUT2D eigenvalue weighted by Gasteiger charge is -2.12. The fourth-order valence-electron chi connectivity index (χ4n) is 4.20. The number of benzene rings is 3. The van der Waals surface area contributed by atoms with Crippen molar-refractivity contribution < 1.29 is 4.74 Å². The van der Waals surface area contributed by atoms with Crippen molar-refractivity contribution in [3.05, 3.63) is 109 Å². The van der Waals surface area contributed by atoms with Crippen molar-refractivity contribution in [2.24, 2.45) is 9.98 Å². The fourth-order valence-corrected chi connectivity index (χ4v) is 4.20. The molecular weight excluding hydrogens is 478 g/mol. The summed E-state index contributed by atoms with van der Waals surface area (Å²) in [6.45, 7) is 21.1. The molecule has 0 saturated heterocycles. The van der Waals surface area contributed by atoms with Crippen molar-refractivity contribution in [2.75, 3.05) is 20.7 Å². The van der Waals surface area contributed by atoms with Gasteiger partial charge in [-0.25, -0.2) is 4.99 Å². The number of amidine groups is 1. The third-order valence-corrected chi connectivity index (χ3v) is 6.18. The first-order chi connectivity index (χ1) is 18.9. The van der Waals surface area contributed by atoms with Gasteiger partial charge in [0.25, 0.3) is 0 Å². The highest BCUT2D eigenvalue weighted by Crippen LogP contribution is 2.29. The van der Waals surface area contributed by atoms with Gasteiger partial charge in [0.1, 0.15) is 5.84 Å². The summed E-state index contributed by atoms with van der Waals surface area (Å²) in [5.74, 6) is 1.62. The third-order valence-electron chi connectivity index (χ3n) is 6.18. The molecule has 0 aliphatic heterocycles. The maximum atomic E-state index is 5.38. The van der Waals surface area contributed by atoms with E-state index in [0.717, 1.165) is 36.3 Å². The van der Waals surface area contributed by atoms with E-state index in [9.17, 15) is 0 Å². The predicted molar refractivity (Wildman–Crippen MR) is 174 cm³/mol. The van der Waals surface area contributed by atoms with E-state index in [4.69, 9.17) is 4.74 Å². The molecular formula is C35H47N3O. The van der Waals surface area contributed by atoms with Gasteiger partial charge in [0.15, 0.2) is 5.90 Å². The third kappa shape index (κ3) is 10.0. The van der Waals surface area contributed by atoms with Gasteiger partial charge in [-0.15, -0.1) is 13.2 Å². The van der Waals surface area contributed by atoms with E-state index in [-0.39, 0.29) is 0 Å². The molecule has 0 aliphatic carbocycles. The van der Waals surface area contributed by atoms with Gasteiger partial charge in [-0.1, -0.05) is 87.5 Å². The highest BCUT2D eigenvalue weighted by atomic mass is 16.5. The molecule has 0 aromatic heterocycles. The molecule has 4 heteroatoms. The molecule has 0 saturated carbocycles. The number of hydrogen-bond donors (Lipinski definition) is 1. The van der Waals surface area contributed by atoms with Crippen LogP contribution >= 0.6 is 0 Å². The summed E-state index contributed by atoms with van der Waals surface area (Å²) in [5, 5.41) is 3.15. The number of allylic oxidation sites excluding steroid dienone is 1. The monoisotopic (exact) mass is 525 g/mol. The molecule has 208 valence electrons. The molecule has 0 unspecified atom stereocenters. The molecule has 39 heavy (non-hydrogen) atoms. The zero-order valence-electron chi connectivity index (χ0n) is 25.1. The minimum absolute atomic E-state index is 0.649. The zero-order valence-corrected chi connectivity index (χ0v) is 25.1. The molecule has 0 amide bonds. The van der Waals surface area contributed by atoms with Crippen LogP contribution in [0.3, 0.4) is 0 Å². The maximum absolute atomic E-state index is 5.38. The lowest BCUT2D eigenvalue weighted by Crippen LogP contribution is -2.20. The van der Waals surface area contributed by atoms with Crippen LogP contribution in [-0.2, 0) is 11.2 Å². The van der Waals surface area contributed by atoms with Gasteiger partial charge in [0.05, 0.1) is 12.3 Å². The Morgan fingerprint density at radius 1 is 0.897 bits per heavy atom. The van der Waals surface area contributed by atoms with Gasteiger partial charge >= 0.3 is 0 Å². The normalized spacial score (nSPS) is 10.9. The fraction of sp³-hybridized carbons (Fsp3) is 0.314. The van der Waals surface area contributed by atoms with E-state index in [1.165, 1.54) is 33.4 Å². The first-order valence-electron chi connectivity index (χ1n) is 13.7. The van der Waals surface area contributed by atoms with E-state index >= 15 is 0 Å². The van der Waals surface area contributed by atoms with Crippen molar-refractivity contribution in [3.8, 4) is 11.1 Å². The van der Waals surface area contributed by atoms with E-state index in [2.05, 4.69) is 104 Å². The van der Waals surface area contributed by atoms with Gasteiger partial charge in [-0.05, 0) is 66.1 Å². The van der Waals surface area contributed by atoms with Crippen LogP contribution in [0.5, 0.6) is 0 Å². The van der Waals surface area contributed by atoms with Gasteiger partial charge in [0, 0.05) is 26.6 Å². The van der Waals surface area contributed by atoms with Gasteiger partial charge < -0.3 is 10.1 Å². The summed E-state index contributed by atoms with van der Waals surface area (Å²) in [6, 6.07) is 23.2. The Balaban J connectivity index is 0.000000367. The van der Waals surface area contributed by atoms with Crippen LogP contribution in [0, 0.1) is 6.92 Å². The number of aryl methyl sites for hydroxylation is 1. The molecule has 0 atom stereocenters. The second kappa shape index (κ2) is 18.4. The summed E-state index contributed by atoms with van der Waals surface area (Å²) >= 11 is 0. The van der Waals surface area contributed by atoms with Crippen molar-refractivity contribution in [3.63, 3.8) is 0 Å². The Labute approximate surface area is 237 Å². The van der Waals surface area contributed by atoms with Gasteiger partial charge in [0.2, 0.25) is 0 Å². The van der Waals surface area contributed by atoms with Crippen molar-refractivity contribution in [2.45, 2.75) is 53.9 Å². The molecule has 4 nitrogen and oxygen atoms in total. The Morgan fingerprint density at radius 3 is 2.10 bits per heavy atom. The molecule has 3 aromatic carbocycles. The molecule has 0 bridgehead atoms. The smallest absolute Gasteiger partial charge is 0.185 e. The van der Waals surface area contributed by atoms with Crippen LogP contribution < -0.4 is 5.32 Å². The average Bonchev–Trinajstić information content (AvgIpc) is 2.97. The van der Waals surface area contributed by atoms with E-state index < -0.39 is 0 Å². The maximum Gasteiger partial charge on any atom is 0.185 e. The first kappa shape index (κ1) is 33.1. The van der Waals surface area contributed by atoms with Gasteiger partial charge in [-0.3, -0.25) is 4.99 Å². The highest BCUT2D eigenvalue weighted by molar-refractivity contribution is 6.04. The van der Waals surface area contributed by atoms with Crippen LogP contribution in [-0.4, -0.2) is 32.4 Å². The second-order valence-electron chi connectivity index (χ2n) is 8.79. The summed E-state index contributed by atoms with van der Waals surface area (Å²) in [7, 11) is 3.71. The van der Waals surface area contributed by atoms with Crippen LogP contribution in [0.1, 0.15) is 62.8 Å². The first-order valence-corrected chi connectivity index (χ1v) is 13.7. The largest absolute Gasteiger partial charge is 0.481 e. The molecule has 3 rings (SSSR count). The molecule has 0 radical (unpaired) electrons. The summed E-state index contributed by atoms with van der Waals surface area (Å²) in [6.07, 6.45) is 3.21. The SMILES string of the molecule is C=C.C=C(CCC)c1cccc(N=C(C)OCC)c1C.CCc1ccc(-c2ccccc2C(=NC)NC)cc1. The number of nitrogens with zero attached hydrogens (tertiary/aromatic N) is 2. The average molecular weight is 526 g/mol. The molecule has 0 spiro atoms. The summed E-state index contributed by atoms with van der Waals surface area (Å²) < 4.78 is 5.38. The summed E-state index contributed by atoms with van der Waals surface area (Å²) in [5.41, 5.74) is 9.47. The number of aliphatic imine (C=N–C) groups is 2. The highest BCUT2D eigenvalue weighted by Gasteiger charge is 2.09. The number of nitrogens with one attached hydrogen (secondary N) is 1. The topological polar surface area (TPSA) is 46.0 Å². The number of rotatable bonds is 8. The van der Waals surface area contributed by atoms with Crippen LogP contribution in [0.4, 0.5) is 5.69 Å². The van der Waals surface area contributed by atoms with Crippen LogP contribution in [0.15, 0.2) is 96.5 Å². The van der Waals surface area contributed by atoms with E-state index in [0.29, 0.717) is 12.5 Å². The Hall–Kier alpha value is -3.92. The van der Waals surface area contributed by atoms with Crippen LogP contribution in [0.2, 0.25) is 0 Å². The second-order valence-corrected chi connectivity index (χ2v) is 8.79.